The molecule has 2 saturated heterocycles. The van der Waals surface area contributed by atoms with E-state index in [1.165, 1.54) is 6.42 Å². The lowest BCUT2D eigenvalue weighted by molar-refractivity contribution is -0.130. The first-order chi connectivity index (χ1) is 6.86. The Balaban J connectivity index is 1.84. The minimum absolute atomic E-state index is 0.363. The van der Waals surface area contributed by atoms with Crippen LogP contribution in [0.1, 0.15) is 12.8 Å². The molecule has 1 atom stereocenters. The SMILES string of the molecule is O=C1CCSCCN1CC1CCNC1. The van der Waals surface area contributed by atoms with Gasteiger partial charge in [-0.2, -0.15) is 11.8 Å². The van der Waals surface area contributed by atoms with E-state index >= 15 is 0 Å². The second-order valence-corrected chi connectivity index (χ2v) is 5.29. The molecule has 1 N–H and O–H groups in total. The van der Waals surface area contributed by atoms with Crippen molar-refractivity contribution in [2.45, 2.75) is 12.8 Å². The first kappa shape index (κ1) is 10.3. The van der Waals surface area contributed by atoms with Crippen LogP contribution in [-0.2, 0) is 4.79 Å². The Labute approximate surface area is 89.6 Å². The van der Waals surface area contributed by atoms with Crippen molar-refractivity contribution in [2.24, 2.45) is 5.92 Å². The molecule has 0 spiro atoms. The molecule has 2 fully saturated rings. The monoisotopic (exact) mass is 214 g/mol. The maximum atomic E-state index is 11.7. The van der Waals surface area contributed by atoms with Gasteiger partial charge in [-0.15, -0.1) is 0 Å². The summed E-state index contributed by atoms with van der Waals surface area (Å²) in [5.41, 5.74) is 0. The van der Waals surface area contributed by atoms with Gasteiger partial charge in [0, 0.05) is 31.0 Å². The maximum Gasteiger partial charge on any atom is 0.223 e. The van der Waals surface area contributed by atoms with Gasteiger partial charge in [0.15, 0.2) is 0 Å². The van der Waals surface area contributed by atoms with Crippen LogP contribution in [0.3, 0.4) is 0 Å². The first-order valence-corrected chi connectivity index (χ1v) is 6.58. The number of hydrogen-bond acceptors (Lipinski definition) is 3. The molecule has 2 aliphatic heterocycles. The largest absolute Gasteiger partial charge is 0.342 e. The summed E-state index contributed by atoms with van der Waals surface area (Å²) in [4.78, 5) is 13.8. The summed E-state index contributed by atoms with van der Waals surface area (Å²) >= 11 is 1.90. The van der Waals surface area contributed by atoms with E-state index in [1.54, 1.807) is 0 Å². The quantitative estimate of drug-likeness (QED) is 0.729. The van der Waals surface area contributed by atoms with Crippen LogP contribution in [0.5, 0.6) is 0 Å². The predicted octanol–water partition coefficient (Wildman–Crippen LogP) is 0.561. The molecule has 0 aromatic rings. The van der Waals surface area contributed by atoms with Gasteiger partial charge in [-0.3, -0.25) is 4.79 Å². The van der Waals surface area contributed by atoms with Crippen molar-refractivity contribution in [3.63, 3.8) is 0 Å². The van der Waals surface area contributed by atoms with Crippen LogP contribution in [0.2, 0.25) is 0 Å². The number of nitrogens with one attached hydrogen (secondary N) is 1. The predicted molar refractivity (Wildman–Crippen MR) is 59.5 cm³/mol. The molecule has 2 aliphatic rings. The Bertz CT molecular complexity index is 204. The summed E-state index contributed by atoms with van der Waals surface area (Å²) in [6.45, 7) is 4.16. The van der Waals surface area contributed by atoms with Crippen LogP contribution >= 0.6 is 11.8 Å². The molecular formula is C10H18N2OS. The fourth-order valence-electron chi connectivity index (χ4n) is 2.09. The fraction of sp³-hybridized carbons (Fsp3) is 0.900. The third kappa shape index (κ3) is 2.64. The van der Waals surface area contributed by atoms with E-state index in [0.29, 0.717) is 11.8 Å². The molecule has 0 saturated carbocycles. The first-order valence-electron chi connectivity index (χ1n) is 5.42. The standard InChI is InChI=1S/C10H18N2OS/c13-10-2-5-14-6-4-12(10)8-9-1-3-11-7-9/h9,11H,1-8H2. The zero-order valence-corrected chi connectivity index (χ0v) is 9.31. The van der Waals surface area contributed by atoms with E-state index < -0.39 is 0 Å². The molecule has 0 bridgehead atoms. The lowest BCUT2D eigenvalue weighted by atomic mass is 10.1. The molecule has 0 aromatic carbocycles. The normalized spacial score (nSPS) is 29.3. The summed E-state index contributed by atoms with van der Waals surface area (Å²) in [5, 5.41) is 3.35. The molecule has 0 radical (unpaired) electrons. The van der Waals surface area contributed by atoms with Gasteiger partial charge in [-0.05, 0) is 25.4 Å². The molecule has 4 heteroatoms. The van der Waals surface area contributed by atoms with E-state index in [9.17, 15) is 4.79 Å². The number of carbonyl (C=O) groups is 1. The van der Waals surface area contributed by atoms with Gasteiger partial charge >= 0.3 is 0 Å². The van der Waals surface area contributed by atoms with Crippen molar-refractivity contribution in [2.75, 3.05) is 37.7 Å². The van der Waals surface area contributed by atoms with Crippen molar-refractivity contribution >= 4 is 17.7 Å². The van der Waals surface area contributed by atoms with Gasteiger partial charge in [0.25, 0.3) is 0 Å². The van der Waals surface area contributed by atoms with Gasteiger partial charge in [0.05, 0.1) is 0 Å². The molecule has 1 unspecified atom stereocenters. The topological polar surface area (TPSA) is 32.3 Å². The molecule has 80 valence electrons. The van der Waals surface area contributed by atoms with Crippen LogP contribution in [0.15, 0.2) is 0 Å². The minimum Gasteiger partial charge on any atom is -0.342 e. The summed E-state index contributed by atoms with van der Waals surface area (Å²) in [6, 6.07) is 0. The highest BCUT2D eigenvalue weighted by atomic mass is 32.2. The number of rotatable bonds is 2. The molecule has 1 amide bonds. The van der Waals surface area contributed by atoms with E-state index in [0.717, 1.165) is 44.1 Å². The van der Waals surface area contributed by atoms with Gasteiger partial charge in [0.1, 0.15) is 0 Å². The third-order valence-corrected chi connectivity index (χ3v) is 3.92. The molecule has 0 aromatic heterocycles. The van der Waals surface area contributed by atoms with Crippen LogP contribution < -0.4 is 5.32 Å². The fourth-order valence-corrected chi connectivity index (χ4v) is 2.97. The Morgan fingerprint density at radius 3 is 3.21 bits per heavy atom. The Hall–Kier alpha value is -0.220. The molecule has 2 heterocycles. The lowest BCUT2D eigenvalue weighted by Gasteiger charge is -2.23. The molecule has 0 aliphatic carbocycles. The Kier molecular flexibility index (Phi) is 3.70. The van der Waals surface area contributed by atoms with Crippen LogP contribution in [0.4, 0.5) is 0 Å². The van der Waals surface area contributed by atoms with Crippen molar-refractivity contribution in [1.82, 2.24) is 10.2 Å². The minimum atomic E-state index is 0.363. The molecule has 14 heavy (non-hydrogen) atoms. The smallest absolute Gasteiger partial charge is 0.223 e. The molecule has 2 rings (SSSR count). The highest BCUT2D eigenvalue weighted by Gasteiger charge is 2.22. The van der Waals surface area contributed by atoms with Gasteiger partial charge in [-0.1, -0.05) is 0 Å². The number of amides is 1. The van der Waals surface area contributed by atoms with Gasteiger partial charge < -0.3 is 10.2 Å². The second kappa shape index (κ2) is 5.03. The van der Waals surface area contributed by atoms with Crippen LogP contribution in [0.25, 0.3) is 0 Å². The van der Waals surface area contributed by atoms with E-state index in [1.807, 2.05) is 11.8 Å². The van der Waals surface area contributed by atoms with Crippen LogP contribution in [-0.4, -0.2) is 48.5 Å². The van der Waals surface area contributed by atoms with Gasteiger partial charge in [0.2, 0.25) is 5.91 Å². The molecule has 3 nitrogen and oxygen atoms in total. The van der Waals surface area contributed by atoms with E-state index in [-0.39, 0.29) is 0 Å². The third-order valence-electron chi connectivity index (χ3n) is 2.96. The number of carbonyl (C=O) groups excluding carboxylic acids is 1. The van der Waals surface area contributed by atoms with E-state index in [4.69, 9.17) is 0 Å². The zero-order valence-electron chi connectivity index (χ0n) is 8.50. The maximum absolute atomic E-state index is 11.7. The lowest BCUT2D eigenvalue weighted by Crippen LogP contribution is -2.36. The Morgan fingerprint density at radius 1 is 1.50 bits per heavy atom. The molecular weight excluding hydrogens is 196 g/mol. The second-order valence-electron chi connectivity index (χ2n) is 4.06. The zero-order chi connectivity index (χ0) is 9.80. The summed E-state index contributed by atoms with van der Waals surface area (Å²) in [7, 11) is 0. The van der Waals surface area contributed by atoms with Crippen molar-refractivity contribution in [3.05, 3.63) is 0 Å². The number of thioether (sulfide) groups is 1. The Morgan fingerprint density at radius 2 is 2.43 bits per heavy atom. The van der Waals surface area contributed by atoms with Crippen LogP contribution in [0, 0.1) is 5.92 Å². The number of nitrogens with zero attached hydrogens (tertiary/aromatic N) is 1. The van der Waals surface area contributed by atoms with Crippen molar-refractivity contribution in [3.8, 4) is 0 Å². The summed E-state index contributed by atoms with van der Waals surface area (Å²) in [6.07, 6.45) is 1.97. The average molecular weight is 214 g/mol. The average Bonchev–Trinajstić information content (AvgIpc) is 2.60. The van der Waals surface area contributed by atoms with Crippen molar-refractivity contribution in [1.29, 1.82) is 0 Å². The highest BCUT2D eigenvalue weighted by Crippen LogP contribution is 2.15. The van der Waals surface area contributed by atoms with Gasteiger partial charge in [-0.25, -0.2) is 0 Å². The summed E-state index contributed by atoms with van der Waals surface area (Å²) < 4.78 is 0. The highest BCUT2D eigenvalue weighted by molar-refractivity contribution is 7.99. The van der Waals surface area contributed by atoms with Crippen molar-refractivity contribution < 1.29 is 4.79 Å². The summed E-state index contributed by atoms with van der Waals surface area (Å²) in [5.74, 6) is 3.19. The van der Waals surface area contributed by atoms with E-state index in [2.05, 4.69) is 10.2 Å². The number of hydrogen-bond donors (Lipinski definition) is 1.